The average molecular weight is 464 g/mol. The van der Waals surface area contributed by atoms with Crippen molar-refractivity contribution in [1.29, 1.82) is 0 Å². The molecule has 0 aliphatic heterocycles. The van der Waals surface area contributed by atoms with E-state index in [9.17, 15) is 0 Å². The largest absolute Gasteiger partial charge is 0.496 e. The molecule has 0 unspecified atom stereocenters. The number of rotatable bonds is 5. The van der Waals surface area contributed by atoms with Gasteiger partial charge in [0.15, 0.2) is 5.96 Å². The van der Waals surface area contributed by atoms with Crippen LogP contribution in [0.25, 0.3) is 10.9 Å². The number of hydrogen-bond acceptors (Lipinski definition) is 2. The van der Waals surface area contributed by atoms with E-state index >= 15 is 0 Å². The number of halogens is 1. The molecule has 1 aromatic heterocycles. The monoisotopic (exact) mass is 464 g/mol. The molecule has 0 amide bonds. The van der Waals surface area contributed by atoms with Crippen molar-refractivity contribution in [2.24, 2.45) is 10.7 Å². The third kappa shape index (κ3) is 4.69. The Labute approximate surface area is 171 Å². The van der Waals surface area contributed by atoms with Crippen LogP contribution in [0, 0.1) is 13.8 Å². The number of nitrogens with one attached hydrogen (secondary N) is 2. The third-order valence-corrected chi connectivity index (χ3v) is 4.13. The molecule has 0 atom stereocenters. The molecule has 0 spiro atoms. The van der Waals surface area contributed by atoms with Crippen LogP contribution >= 0.6 is 24.0 Å². The minimum Gasteiger partial charge on any atom is -0.496 e. The number of hydrogen-bond donors (Lipinski definition) is 3. The Morgan fingerprint density at radius 3 is 2.62 bits per heavy atom. The molecule has 5 nitrogen and oxygen atoms in total. The fourth-order valence-electron chi connectivity index (χ4n) is 3.12. The van der Waals surface area contributed by atoms with E-state index in [0.717, 1.165) is 28.8 Å². The molecule has 0 aliphatic rings. The molecule has 3 aromatic rings. The fourth-order valence-corrected chi connectivity index (χ4v) is 3.12. The molecule has 26 heavy (non-hydrogen) atoms. The van der Waals surface area contributed by atoms with Gasteiger partial charge in [-0.1, -0.05) is 12.1 Å². The number of aromatic nitrogens is 1. The molecule has 138 valence electrons. The normalized spacial score (nSPS) is 11.3. The van der Waals surface area contributed by atoms with Gasteiger partial charge in [-0.15, -0.1) is 24.0 Å². The van der Waals surface area contributed by atoms with E-state index in [2.05, 4.69) is 47.3 Å². The number of nitrogens with two attached hydrogens (primary N) is 1. The zero-order chi connectivity index (χ0) is 17.8. The van der Waals surface area contributed by atoms with Crippen molar-refractivity contribution in [2.45, 2.75) is 20.3 Å². The summed E-state index contributed by atoms with van der Waals surface area (Å²) in [4.78, 5) is 7.72. The lowest BCUT2D eigenvalue weighted by molar-refractivity contribution is 0.419. The molecule has 0 bridgehead atoms. The highest BCUT2D eigenvalue weighted by atomic mass is 127. The maximum Gasteiger partial charge on any atom is 0.193 e. The summed E-state index contributed by atoms with van der Waals surface area (Å²) in [6, 6.07) is 12.2. The summed E-state index contributed by atoms with van der Waals surface area (Å²) in [5.74, 6) is 1.30. The first-order valence-corrected chi connectivity index (χ1v) is 8.35. The highest BCUT2D eigenvalue weighted by Gasteiger charge is 2.08. The number of aryl methyl sites for hydroxylation is 2. The van der Waals surface area contributed by atoms with Gasteiger partial charge in [-0.25, -0.2) is 0 Å². The van der Waals surface area contributed by atoms with Crippen LogP contribution in [0.3, 0.4) is 0 Å². The second-order valence-electron chi connectivity index (χ2n) is 6.22. The molecular weight excluding hydrogens is 439 g/mol. The minimum absolute atomic E-state index is 0. The maximum atomic E-state index is 6.02. The summed E-state index contributed by atoms with van der Waals surface area (Å²) in [5, 5.41) is 4.27. The van der Waals surface area contributed by atoms with Gasteiger partial charge in [-0.3, -0.25) is 4.99 Å². The smallest absolute Gasteiger partial charge is 0.193 e. The van der Waals surface area contributed by atoms with Crippen molar-refractivity contribution in [3.63, 3.8) is 0 Å². The van der Waals surface area contributed by atoms with Crippen molar-refractivity contribution in [3.8, 4) is 5.75 Å². The second-order valence-corrected chi connectivity index (χ2v) is 6.22. The lowest BCUT2D eigenvalue weighted by atomic mass is 10.1. The molecule has 1 heterocycles. The lowest BCUT2D eigenvalue weighted by Crippen LogP contribution is -2.23. The molecule has 0 radical (unpaired) electrons. The zero-order valence-electron chi connectivity index (χ0n) is 15.3. The number of H-pyrrole nitrogens is 1. The highest BCUT2D eigenvalue weighted by Crippen LogP contribution is 2.28. The molecule has 3 rings (SSSR count). The summed E-state index contributed by atoms with van der Waals surface area (Å²) < 4.78 is 5.46. The summed E-state index contributed by atoms with van der Waals surface area (Å²) in [7, 11) is 1.69. The molecule has 0 fully saturated rings. The highest BCUT2D eigenvalue weighted by molar-refractivity contribution is 14.0. The first kappa shape index (κ1) is 20.1. The number of ether oxygens (including phenoxy) is 1. The Morgan fingerprint density at radius 2 is 1.92 bits per heavy atom. The lowest BCUT2D eigenvalue weighted by Gasteiger charge is -2.08. The first-order valence-electron chi connectivity index (χ1n) is 8.35. The predicted octanol–water partition coefficient (Wildman–Crippen LogP) is 4.38. The second kappa shape index (κ2) is 8.93. The van der Waals surface area contributed by atoms with Crippen LogP contribution < -0.4 is 15.8 Å². The van der Waals surface area contributed by atoms with Crippen molar-refractivity contribution < 1.29 is 4.74 Å². The van der Waals surface area contributed by atoms with Crippen LogP contribution in [0.15, 0.2) is 47.6 Å². The SMILES string of the molecule is COc1cccc2[nH]cc(CCN=C(N)Nc3cc(C)cc(C)c3)c12.I. The van der Waals surface area contributed by atoms with Crippen molar-refractivity contribution in [2.75, 3.05) is 19.0 Å². The molecule has 6 heteroatoms. The quantitative estimate of drug-likeness (QED) is 0.298. The molecule has 0 saturated carbocycles. The van der Waals surface area contributed by atoms with Crippen LogP contribution in [0.5, 0.6) is 5.75 Å². The van der Waals surface area contributed by atoms with E-state index in [-0.39, 0.29) is 24.0 Å². The van der Waals surface area contributed by atoms with E-state index in [1.54, 1.807) is 7.11 Å². The van der Waals surface area contributed by atoms with Crippen LogP contribution in [0.4, 0.5) is 5.69 Å². The number of benzene rings is 2. The van der Waals surface area contributed by atoms with Gasteiger partial charge < -0.3 is 20.8 Å². The number of fused-ring (bicyclic) bond motifs is 1. The Hall–Kier alpha value is -2.22. The van der Waals surface area contributed by atoms with Gasteiger partial charge in [-0.05, 0) is 61.2 Å². The number of anilines is 1. The summed E-state index contributed by atoms with van der Waals surface area (Å²) in [5.41, 5.74) is 11.6. The summed E-state index contributed by atoms with van der Waals surface area (Å²) >= 11 is 0. The average Bonchev–Trinajstić information content (AvgIpc) is 2.97. The van der Waals surface area contributed by atoms with Crippen LogP contribution in [0.2, 0.25) is 0 Å². The molecule has 2 aromatic carbocycles. The van der Waals surface area contributed by atoms with Crippen LogP contribution in [0.1, 0.15) is 16.7 Å². The zero-order valence-corrected chi connectivity index (χ0v) is 17.6. The number of guanidine groups is 1. The number of methoxy groups -OCH3 is 1. The van der Waals surface area contributed by atoms with E-state index < -0.39 is 0 Å². The van der Waals surface area contributed by atoms with Crippen molar-refractivity contribution >= 4 is 46.5 Å². The molecule has 4 N–H and O–H groups in total. The van der Waals surface area contributed by atoms with Gasteiger partial charge in [0.05, 0.1) is 7.11 Å². The number of aliphatic imine (C=N–C) groups is 1. The Bertz CT molecular complexity index is 897. The van der Waals surface area contributed by atoms with Gasteiger partial charge in [-0.2, -0.15) is 0 Å². The van der Waals surface area contributed by atoms with E-state index in [1.165, 1.54) is 16.7 Å². The van der Waals surface area contributed by atoms with Crippen LogP contribution in [-0.4, -0.2) is 24.6 Å². The Kier molecular flexibility index (Phi) is 6.90. The van der Waals surface area contributed by atoms with Gasteiger partial charge in [0.25, 0.3) is 0 Å². The topological polar surface area (TPSA) is 75.4 Å². The standard InChI is InChI=1S/C20H24N4O.HI/c1-13-9-14(2)11-16(10-13)24-20(21)22-8-7-15-12-23-17-5-4-6-18(25-3)19(15)17;/h4-6,9-12,23H,7-8H2,1-3H3,(H3,21,22,24);1H. The maximum absolute atomic E-state index is 6.02. The van der Waals surface area contributed by atoms with Gasteiger partial charge >= 0.3 is 0 Å². The molecule has 0 saturated heterocycles. The Morgan fingerprint density at radius 1 is 1.19 bits per heavy atom. The number of aromatic amines is 1. The van der Waals surface area contributed by atoms with E-state index in [1.807, 2.05) is 24.4 Å². The van der Waals surface area contributed by atoms with Gasteiger partial charge in [0, 0.05) is 29.3 Å². The minimum atomic E-state index is 0. The summed E-state index contributed by atoms with van der Waals surface area (Å²) in [6.45, 7) is 4.74. The third-order valence-electron chi connectivity index (χ3n) is 4.13. The summed E-state index contributed by atoms with van der Waals surface area (Å²) in [6.07, 6.45) is 2.80. The number of nitrogens with zero attached hydrogens (tertiary/aromatic N) is 1. The van der Waals surface area contributed by atoms with Gasteiger partial charge in [0.2, 0.25) is 0 Å². The molecule has 0 aliphatic carbocycles. The van der Waals surface area contributed by atoms with E-state index in [0.29, 0.717) is 12.5 Å². The Balaban J connectivity index is 0.00000243. The predicted molar refractivity (Wildman–Crippen MR) is 120 cm³/mol. The van der Waals surface area contributed by atoms with Gasteiger partial charge in [0.1, 0.15) is 5.75 Å². The molecular formula is C20H25IN4O. The first-order chi connectivity index (χ1) is 12.1. The van der Waals surface area contributed by atoms with Crippen molar-refractivity contribution in [1.82, 2.24) is 4.98 Å². The van der Waals surface area contributed by atoms with E-state index in [4.69, 9.17) is 10.5 Å². The fraction of sp³-hybridized carbons (Fsp3) is 0.250. The van der Waals surface area contributed by atoms with Crippen molar-refractivity contribution in [3.05, 3.63) is 59.3 Å². The van der Waals surface area contributed by atoms with Crippen LogP contribution in [-0.2, 0) is 6.42 Å².